The van der Waals surface area contributed by atoms with Gasteiger partial charge < -0.3 is 14.0 Å². The van der Waals surface area contributed by atoms with Crippen LogP contribution >= 0.6 is 11.6 Å². The summed E-state index contributed by atoms with van der Waals surface area (Å²) in [6.45, 7) is 7.96. The van der Waals surface area contributed by atoms with Gasteiger partial charge in [-0.1, -0.05) is 43.4 Å². The lowest BCUT2D eigenvalue weighted by atomic mass is 10.1. The van der Waals surface area contributed by atoms with Gasteiger partial charge in [0, 0.05) is 49.8 Å². The fourth-order valence-corrected chi connectivity index (χ4v) is 4.58. The second-order valence-electron chi connectivity index (χ2n) is 9.43. The zero-order valence-corrected chi connectivity index (χ0v) is 21.4. The van der Waals surface area contributed by atoms with Gasteiger partial charge >= 0.3 is 6.30 Å². The van der Waals surface area contributed by atoms with E-state index in [0.717, 1.165) is 40.5 Å². The van der Waals surface area contributed by atoms with Crippen LogP contribution in [0.3, 0.4) is 0 Å². The van der Waals surface area contributed by atoms with E-state index in [1.54, 1.807) is 12.3 Å². The minimum atomic E-state index is -4.56. The molecule has 0 fully saturated rings. The first-order chi connectivity index (χ1) is 16.5. The molecule has 0 aliphatic heterocycles. The van der Waals surface area contributed by atoms with Gasteiger partial charge in [-0.25, -0.2) is 4.98 Å². The van der Waals surface area contributed by atoms with Crippen molar-refractivity contribution < 1.29 is 22.6 Å². The van der Waals surface area contributed by atoms with Gasteiger partial charge in [0.15, 0.2) is 0 Å². The topological polar surface area (TPSA) is 54.1 Å². The molecule has 4 aromatic rings. The van der Waals surface area contributed by atoms with Crippen LogP contribution in [-0.4, -0.2) is 34.0 Å². The molecule has 0 amide bonds. The van der Waals surface area contributed by atoms with Gasteiger partial charge in [-0.3, -0.25) is 0 Å². The molecule has 186 valence electrons. The summed E-state index contributed by atoms with van der Waals surface area (Å²) in [5, 5.41) is 4.51. The van der Waals surface area contributed by atoms with Crippen molar-refractivity contribution in [1.82, 2.24) is 19.3 Å². The lowest BCUT2D eigenvalue weighted by molar-refractivity contribution is -0.212. The van der Waals surface area contributed by atoms with Crippen molar-refractivity contribution in [3.8, 4) is 16.9 Å². The Kier molecular flexibility index (Phi) is 7.25. The quantitative estimate of drug-likeness (QED) is 0.136. The largest absolute Gasteiger partial charge is 0.504 e. The summed E-state index contributed by atoms with van der Waals surface area (Å²) in [6.07, 6.45) is 1.12. The molecule has 4 rings (SSSR count). The molecular weight excluding hydrogens is 497 g/mol. The maximum Gasteiger partial charge on any atom is 0.504 e. The van der Waals surface area contributed by atoms with Gasteiger partial charge in [-0.15, -0.1) is 13.2 Å². The fourth-order valence-electron chi connectivity index (χ4n) is 3.57. The lowest BCUT2D eigenvalue weighted by Crippen LogP contribution is -2.21. The Balaban J connectivity index is 1.55. The number of pyridine rings is 1. The van der Waals surface area contributed by atoms with E-state index in [1.165, 1.54) is 0 Å². The fraction of sp³-hybridized carbons (Fsp3) is 0.333. The van der Waals surface area contributed by atoms with Crippen LogP contribution < -0.4 is 4.74 Å². The van der Waals surface area contributed by atoms with Gasteiger partial charge in [0.2, 0.25) is 0 Å². The van der Waals surface area contributed by atoms with Crippen LogP contribution in [-0.2, 0) is 24.4 Å². The first kappa shape index (κ1) is 25.3. The van der Waals surface area contributed by atoms with Gasteiger partial charge in [0.1, 0.15) is 24.2 Å². The van der Waals surface area contributed by atoms with Crippen molar-refractivity contribution in [2.75, 3.05) is 6.61 Å². The molecule has 0 atom stereocenters. The molecule has 0 bridgehead atoms. The molecule has 0 unspecified atom stereocenters. The Labute approximate surface area is 207 Å². The van der Waals surface area contributed by atoms with E-state index in [-0.39, 0.29) is 11.3 Å². The number of aromatic nitrogens is 4. The molecule has 0 saturated carbocycles. The SMILES string of the molecule is C[Si](C)(C)CCOCn1cc(-c2cccc(OCc3cnn(C(F)(F)F)c3)c2)c2c(Cl)nccc21. The molecule has 0 spiro atoms. The average molecular weight is 523 g/mol. The molecule has 0 radical (unpaired) electrons. The van der Waals surface area contributed by atoms with E-state index < -0.39 is 14.4 Å². The number of halogens is 4. The molecule has 6 nitrogen and oxygen atoms in total. The van der Waals surface area contributed by atoms with Crippen LogP contribution in [0.25, 0.3) is 22.0 Å². The summed E-state index contributed by atoms with van der Waals surface area (Å²) in [5.74, 6) is 0.509. The highest BCUT2D eigenvalue weighted by atomic mass is 35.5. The number of alkyl halides is 3. The number of nitrogens with zero attached hydrogens (tertiary/aromatic N) is 4. The summed E-state index contributed by atoms with van der Waals surface area (Å²) in [7, 11) is -1.19. The normalized spacial score (nSPS) is 12.4. The number of fused-ring (bicyclic) bond motifs is 1. The van der Waals surface area contributed by atoms with Crippen molar-refractivity contribution in [2.45, 2.75) is 45.3 Å². The summed E-state index contributed by atoms with van der Waals surface area (Å²) in [4.78, 5) is 4.24. The van der Waals surface area contributed by atoms with Gasteiger partial charge in [0.25, 0.3) is 0 Å². The summed E-state index contributed by atoms with van der Waals surface area (Å²) in [5.41, 5.74) is 2.92. The highest BCUT2D eigenvalue weighted by Gasteiger charge is 2.31. The number of ether oxygens (including phenoxy) is 2. The predicted octanol–water partition coefficient (Wildman–Crippen LogP) is 6.92. The van der Waals surface area contributed by atoms with Crippen LogP contribution in [0.15, 0.2) is 55.1 Å². The number of hydrogen-bond acceptors (Lipinski definition) is 4. The molecular formula is C24H26ClF3N4O2Si. The van der Waals surface area contributed by atoms with Crippen molar-refractivity contribution >= 4 is 30.6 Å². The monoisotopic (exact) mass is 522 g/mol. The maximum absolute atomic E-state index is 12.8. The summed E-state index contributed by atoms with van der Waals surface area (Å²) < 4.78 is 51.9. The lowest BCUT2D eigenvalue weighted by Gasteiger charge is -2.15. The third-order valence-corrected chi connectivity index (χ3v) is 7.41. The molecule has 3 aromatic heterocycles. The van der Waals surface area contributed by atoms with E-state index in [0.29, 0.717) is 29.8 Å². The van der Waals surface area contributed by atoms with Gasteiger partial charge in [-0.05, 0) is 29.8 Å². The Hall–Kier alpha value is -2.82. The third-order valence-electron chi connectivity index (χ3n) is 5.42. The minimum Gasteiger partial charge on any atom is -0.489 e. The Bertz CT molecular complexity index is 1310. The van der Waals surface area contributed by atoms with Crippen LogP contribution in [0.5, 0.6) is 5.75 Å². The van der Waals surface area contributed by atoms with Crippen molar-refractivity contribution in [3.63, 3.8) is 0 Å². The van der Waals surface area contributed by atoms with E-state index in [1.807, 2.05) is 35.0 Å². The Morgan fingerprint density at radius 3 is 2.63 bits per heavy atom. The minimum absolute atomic E-state index is 0.0439. The Morgan fingerprint density at radius 1 is 1.11 bits per heavy atom. The zero-order valence-electron chi connectivity index (χ0n) is 19.6. The van der Waals surface area contributed by atoms with E-state index in [4.69, 9.17) is 21.1 Å². The standard InChI is InChI=1S/C24H26ClF3N4O2Si/c1-35(2,3)10-9-33-16-31-14-20(22-21(31)7-8-29-23(22)25)18-5-4-6-19(11-18)34-15-17-12-30-32(13-17)24(26,27)28/h4-8,11-14H,9-10,15-16H2,1-3H3. The van der Waals surface area contributed by atoms with Gasteiger partial charge in [0.05, 0.1) is 11.7 Å². The summed E-state index contributed by atoms with van der Waals surface area (Å²) in [6, 6.07) is 10.3. The smallest absolute Gasteiger partial charge is 0.489 e. The predicted molar refractivity (Wildman–Crippen MR) is 132 cm³/mol. The highest BCUT2D eigenvalue weighted by molar-refractivity contribution is 6.76. The molecule has 35 heavy (non-hydrogen) atoms. The van der Waals surface area contributed by atoms with Crippen LogP contribution in [0.1, 0.15) is 5.56 Å². The second kappa shape index (κ2) is 10.0. The number of hydrogen-bond donors (Lipinski definition) is 0. The first-order valence-corrected chi connectivity index (χ1v) is 15.1. The van der Waals surface area contributed by atoms with E-state index in [9.17, 15) is 13.2 Å². The van der Waals surface area contributed by atoms with Crippen LogP contribution in [0.4, 0.5) is 13.2 Å². The van der Waals surface area contributed by atoms with Crippen molar-refractivity contribution in [3.05, 3.63) is 65.8 Å². The van der Waals surface area contributed by atoms with Crippen LogP contribution in [0.2, 0.25) is 30.8 Å². The second-order valence-corrected chi connectivity index (χ2v) is 15.4. The summed E-state index contributed by atoms with van der Waals surface area (Å²) >= 11 is 6.47. The third kappa shape index (κ3) is 6.25. The Morgan fingerprint density at radius 2 is 1.91 bits per heavy atom. The number of benzene rings is 1. The molecule has 11 heteroatoms. The maximum atomic E-state index is 12.8. The zero-order chi connectivity index (χ0) is 25.2. The average Bonchev–Trinajstić information content (AvgIpc) is 3.41. The number of rotatable bonds is 9. The molecule has 0 aliphatic carbocycles. The first-order valence-electron chi connectivity index (χ1n) is 11.1. The molecule has 0 N–H and O–H groups in total. The molecule has 0 aliphatic rings. The highest BCUT2D eigenvalue weighted by Crippen LogP contribution is 2.36. The molecule has 3 heterocycles. The van der Waals surface area contributed by atoms with Crippen LogP contribution in [0, 0.1) is 0 Å². The van der Waals surface area contributed by atoms with E-state index >= 15 is 0 Å². The van der Waals surface area contributed by atoms with Crippen molar-refractivity contribution in [1.29, 1.82) is 0 Å². The van der Waals surface area contributed by atoms with Gasteiger partial charge in [-0.2, -0.15) is 9.78 Å². The molecule has 1 aromatic carbocycles. The van der Waals surface area contributed by atoms with E-state index in [2.05, 4.69) is 29.7 Å². The molecule has 0 saturated heterocycles. The van der Waals surface area contributed by atoms with Crippen molar-refractivity contribution in [2.24, 2.45) is 0 Å².